The van der Waals surface area contributed by atoms with Crippen molar-refractivity contribution in [3.05, 3.63) is 102 Å². The molecule has 0 bridgehead atoms. The van der Waals surface area contributed by atoms with E-state index in [1.54, 1.807) is 10.4 Å². The van der Waals surface area contributed by atoms with E-state index in [1.807, 2.05) is 11.3 Å². The van der Waals surface area contributed by atoms with E-state index >= 15 is 0 Å². The Morgan fingerprint density at radius 2 is 2.07 bits per heavy atom. The molecule has 2 unspecified atom stereocenters. The Labute approximate surface area is 268 Å². The maximum atomic E-state index is 7.77. The summed E-state index contributed by atoms with van der Waals surface area (Å²) < 4.78 is 29.7. The smallest absolute Gasteiger partial charge is 0.141 e. The van der Waals surface area contributed by atoms with Gasteiger partial charge in [-0.1, -0.05) is 43.8 Å². The molecule has 1 radical (unpaired) electrons. The van der Waals surface area contributed by atoms with E-state index in [4.69, 9.17) is 14.2 Å². The molecule has 1 aromatic rings. The summed E-state index contributed by atoms with van der Waals surface area (Å²) in [4.78, 5) is 2.97. The van der Waals surface area contributed by atoms with Crippen LogP contribution in [0.25, 0.3) is 16.7 Å². The van der Waals surface area contributed by atoms with Crippen LogP contribution in [0.5, 0.6) is 0 Å². The molecule has 4 aliphatic heterocycles. The second-order valence-electron chi connectivity index (χ2n) is 12.0. The van der Waals surface area contributed by atoms with Crippen molar-refractivity contribution in [2.45, 2.75) is 96.8 Å². The normalized spacial score (nSPS) is 30.8. The molecule has 41 heavy (non-hydrogen) atoms. The second kappa shape index (κ2) is 12.7. The molecule has 2 saturated heterocycles. The molecule has 0 aromatic carbocycles. The molecular formula is C35H41IrN3OS-4. The topological polar surface area (TPSA) is 49.5 Å². The maximum absolute atomic E-state index is 7.77. The van der Waals surface area contributed by atoms with Crippen LogP contribution in [0, 0.1) is 24.3 Å². The van der Waals surface area contributed by atoms with Gasteiger partial charge in [-0.25, -0.2) is 17.3 Å². The van der Waals surface area contributed by atoms with E-state index in [-0.39, 0.29) is 32.3 Å². The number of thiophene rings is 1. The zero-order valence-electron chi connectivity index (χ0n) is 26.8. The van der Waals surface area contributed by atoms with Gasteiger partial charge >= 0.3 is 0 Å². The summed E-state index contributed by atoms with van der Waals surface area (Å²) in [6.07, 6.45) is 27.2. The Kier molecular flexibility index (Phi) is 7.91. The fourth-order valence-corrected chi connectivity index (χ4v) is 8.14. The first-order chi connectivity index (χ1) is 20.8. The zero-order valence-corrected chi connectivity index (χ0v) is 27.0. The van der Waals surface area contributed by atoms with Crippen LogP contribution in [0.2, 0.25) is 0 Å². The third kappa shape index (κ3) is 5.95. The van der Waals surface area contributed by atoms with Gasteiger partial charge in [-0.3, -0.25) is 11.0 Å². The average Bonchev–Trinajstić information content (AvgIpc) is 3.59. The Balaban J connectivity index is 0.000000207. The van der Waals surface area contributed by atoms with Crippen molar-refractivity contribution in [1.82, 2.24) is 5.32 Å². The minimum absolute atomic E-state index is 0. The fourth-order valence-electron chi connectivity index (χ4n) is 6.84. The standard InChI is InChI=1S/C23H26N2OS.C12H15N.Ir/c1-13-9-10-16-15-6-4-7-17(22(15)26-23(16)25-13)19-11-18-14-5-2-3-8-20(14)27-21(18)12-24-19;1-10-7-8-12(13-9-10)11-5-3-2-4-6-11;/h6-7,11,13,16,23,25H,2-5,8-10,12H2,1H3;3,5,8,10H,2,4,7,9H2,1H3;/q2*-2;/t13-,16?,23?;10-;/m10./s1/i1D3;;. The maximum Gasteiger partial charge on any atom is 0.141 e. The van der Waals surface area contributed by atoms with Gasteiger partial charge in [0.2, 0.25) is 0 Å². The molecule has 6 heteroatoms. The van der Waals surface area contributed by atoms with Crippen molar-refractivity contribution < 1.29 is 29.0 Å². The molecule has 0 saturated carbocycles. The number of aryl methyl sites for hydroxylation is 1. The summed E-state index contributed by atoms with van der Waals surface area (Å²) in [6.45, 7) is 1.99. The molecule has 0 spiro atoms. The summed E-state index contributed by atoms with van der Waals surface area (Å²) in [6, 6.07) is -0.494. The van der Waals surface area contributed by atoms with Gasteiger partial charge in [-0.2, -0.15) is 24.1 Å². The average molecular weight is 747 g/mol. The molecule has 4 nitrogen and oxygen atoms in total. The Morgan fingerprint density at radius 3 is 2.90 bits per heavy atom. The van der Waals surface area contributed by atoms with E-state index in [0.717, 1.165) is 73.8 Å². The number of nitrogens with one attached hydrogen (secondary N) is 1. The van der Waals surface area contributed by atoms with Crippen molar-refractivity contribution >= 4 is 17.4 Å². The first kappa shape index (κ1) is 25.5. The van der Waals surface area contributed by atoms with Crippen LogP contribution >= 0.6 is 11.3 Å². The number of fused-ring (bicyclic) bond motifs is 6. The third-order valence-electron chi connectivity index (χ3n) is 9.02. The number of rotatable bonds is 2. The first-order valence-electron chi connectivity index (χ1n) is 16.7. The van der Waals surface area contributed by atoms with E-state index in [2.05, 4.69) is 60.4 Å². The van der Waals surface area contributed by atoms with Crippen LogP contribution in [0.1, 0.15) is 90.1 Å². The van der Waals surface area contributed by atoms with Crippen LogP contribution < -0.4 is 5.32 Å². The molecule has 221 valence electrons. The molecule has 2 fully saturated rings. The minimum Gasteiger partial charge on any atom is -0.742 e. The van der Waals surface area contributed by atoms with Crippen molar-refractivity contribution in [2.24, 2.45) is 11.8 Å². The number of allylic oxidation sites excluding steroid dienone is 7. The van der Waals surface area contributed by atoms with E-state index in [9.17, 15) is 0 Å². The molecule has 1 aromatic heterocycles. The summed E-state index contributed by atoms with van der Waals surface area (Å²) in [5.41, 5.74) is 8.69. The molecule has 3 aliphatic carbocycles. The SMILES string of the molecule is C[C@H]1CC=C(C2=[C-]CCC=C2)[N-]C1.[2H]C([2H])([2H])[C@@H]1CCC2C3=CC[CH-]C(C4=Cc5c(sc6c5CCCC6)C[N-]4)=C3OC2N1.[Ir]. The molecule has 8 rings (SSSR count). The third-order valence-corrected chi connectivity index (χ3v) is 10.3. The molecule has 0 amide bonds. The molecule has 5 heterocycles. The molecule has 1 N–H and O–H groups in total. The second-order valence-corrected chi connectivity index (χ2v) is 13.2. The number of hydrogen-bond acceptors (Lipinski definition) is 3. The summed E-state index contributed by atoms with van der Waals surface area (Å²) >= 11 is 1.95. The van der Waals surface area contributed by atoms with Crippen LogP contribution in [0.3, 0.4) is 0 Å². The monoisotopic (exact) mass is 747 g/mol. The number of nitrogens with zero attached hydrogens (tertiary/aromatic N) is 2. The van der Waals surface area contributed by atoms with E-state index in [1.165, 1.54) is 47.3 Å². The van der Waals surface area contributed by atoms with Gasteiger partial charge in [0.1, 0.15) is 6.23 Å². The van der Waals surface area contributed by atoms with Gasteiger partial charge < -0.3 is 15.4 Å². The number of hydrogen-bond donors (Lipinski definition) is 1. The first-order valence-corrected chi connectivity index (χ1v) is 16.1. The van der Waals surface area contributed by atoms with Gasteiger partial charge in [0, 0.05) is 46.8 Å². The van der Waals surface area contributed by atoms with Crippen LogP contribution in [-0.4, -0.2) is 18.8 Å². The van der Waals surface area contributed by atoms with E-state index < -0.39 is 12.9 Å². The quantitative estimate of drug-likeness (QED) is 0.308. The number of piperidine rings is 1. The molecule has 7 aliphatic rings. The van der Waals surface area contributed by atoms with Crippen molar-refractivity contribution in [1.29, 1.82) is 0 Å². The van der Waals surface area contributed by atoms with E-state index in [0.29, 0.717) is 6.42 Å². The Morgan fingerprint density at radius 1 is 1.15 bits per heavy atom. The van der Waals surface area contributed by atoms with Gasteiger partial charge in [0.15, 0.2) is 0 Å². The summed E-state index contributed by atoms with van der Waals surface area (Å²) in [5.74, 6) is 1.87. The molecular weight excluding hydrogens is 703 g/mol. The van der Waals surface area contributed by atoms with Gasteiger partial charge in [0.25, 0.3) is 0 Å². The van der Waals surface area contributed by atoms with Gasteiger partial charge in [-0.15, -0.1) is 36.6 Å². The minimum atomic E-state index is -1.99. The van der Waals surface area contributed by atoms with Gasteiger partial charge in [-0.05, 0) is 67.8 Å². The summed E-state index contributed by atoms with van der Waals surface area (Å²) in [7, 11) is 0. The molecule has 4 atom stereocenters. The van der Waals surface area contributed by atoms with Crippen LogP contribution in [0.15, 0.2) is 58.2 Å². The number of ether oxygens (including phenoxy) is 1. The van der Waals surface area contributed by atoms with Crippen molar-refractivity contribution in [3.8, 4) is 0 Å². The largest absolute Gasteiger partial charge is 0.742 e. The van der Waals surface area contributed by atoms with Crippen LogP contribution in [0.4, 0.5) is 0 Å². The zero-order chi connectivity index (χ0) is 29.6. The Bertz CT molecular complexity index is 1450. The fraction of sp³-hybridized carbons (Fsp3) is 0.514. The predicted octanol–water partition coefficient (Wildman–Crippen LogP) is 8.75. The van der Waals surface area contributed by atoms with Gasteiger partial charge in [0.05, 0.1) is 0 Å². The van der Waals surface area contributed by atoms with Crippen molar-refractivity contribution in [2.75, 3.05) is 6.54 Å². The Hall–Kier alpha value is -1.98. The van der Waals surface area contributed by atoms with Crippen molar-refractivity contribution in [3.63, 3.8) is 0 Å². The predicted molar refractivity (Wildman–Crippen MR) is 165 cm³/mol. The van der Waals surface area contributed by atoms with Crippen LogP contribution in [-0.2, 0) is 44.2 Å². The summed E-state index contributed by atoms with van der Waals surface area (Å²) in [5, 5.41) is 12.7.